The zero-order valence-electron chi connectivity index (χ0n) is 24.9. The summed E-state index contributed by atoms with van der Waals surface area (Å²) in [6.07, 6.45) is 4.88. The van der Waals surface area contributed by atoms with Crippen LogP contribution in [0, 0.1) is 0 Å². The number of hydrogen-bond donors (Lipinski definition) is 0. The minimum Gasteiger partial charge on any atom is -0.0990 e. The molecule has 0 radical (unpaired) electrons. The molecule has 0 fully saturated rings. The fourth-order valence-corrected chi connectivity index (χ4v) is 7.35. The highest BCUT2D eigenvalue weighted by molar-refractivity contribution is 6.25. The maximum atomic E-state index is 4.44. The topological polar surface area (TPSA) is 0 Å². The van der Waals surface area contributed by atoms with Gasteiger partial charge in [-0.05, 0) is 111 Å². The molecule has 0 spiro atoms. The normalized spacial score (nSPS) is 12.2. The number of benzene rings is 8. The van der Waals surface area contributed by atoms with Gasteiger partial charge in [0.25, 0.3) is 0 Å². The summed E-state index contributed by atoms with van der Waals surface area (Å²) >= 11 is 0. The van der Waals surface area contributed by atoms with Crippen molar-refractivity contribution in [2.24, 2.45) is 0 Å². The van der Waals surface area contributed by atoms with Crippen molar-refractivity contribution >= 4 is 66.5 Å². The van der Waals surface area contributed by atoms with E-state index in [0.29, 0.717) is 0 Å². The number of allylic oxidation sites excluding steroid dienone is 1. The summed E-state index contributed by atoms with van der Waals surface area (Å²) < 4.78 is 0. The largest absolute Gasteiger partial charge is 0.0990 e. The third-order valence-corrected chi connectivity index (χ3v) is 9.33. The van der Waals surface area contributed by atoms with Crippen LogP contribution < -0.4 is 10.4 Å². The van der Waals surface area contributed by atoms with Crippen LogP contribution in [0.25, 0.3) is 88.8 Å². The van der Waals surface area contributed by atoms with Crippen LogP contribution in [0.2, 0.25) is 0 Å². The lowest BCUT2D eigenvalue weighted by molar-refractivity contribution is 1.14. The molecule has 0 saturated heterocycles. The SMILES string of the molecule is C=C/C=c1/cc2c(ccc3c(-c4c5ccccc5c(-c5ccc6ccccc6c5)c5ccccc45)cccc32)c(CC)c1=C. The van der Waals surface area contributed by atoms with Crippen molar-refractivity contribution in [3.63, 3.8) is 0 Å². The van der Waals surface area contributed by atoms with Crippen molar-refractivity contribution in [3.05, 3.63) is 156 Å². The first-order chi connectivity index (χ1) is 21.7. The van der Waals surface area contributed by atoms with E-state index in [4.69, 9.17) is 0 Å². The van der Waals surface area contributed by atoms with E-state index in [2.05, 4.69) is 154 Å². The van der Waals surface area contributed by atoms with Gasteiger partial charge in [-0.25, -0.2) is 0 Å². The van der Waals surface area contributed by atoms with Gasteiger partial charge in [0.1, 0.15) is 0 Å². The van der Waals surface area contributed by atoms with Crippen LogP contribution in [0.4, 0.5) is 0 Å². The van der Waals surface area contributed by atoms with E-state index in [-0.39, 0.29) is 0 Å². The molecule has 44 heavy (non-hydrogen) atoms. The van der Waals surface area contributed by atoms with Gasteiger partial charge in [-0.1, -0.05) is 147 Å². The van der Waals surface area contributed by atoms with Gasteiger partial charge < -0.3 is 0 Å². The third kappa shape index (κ3) is 3.92. The Kier molecular flexibility index (Phi) is 6.17. The predicted molar refractivity (Wildman–Crippen MR) is 194 cm³/mol. The number of fused-ring (bicyclic) bond motifs is 6. The van der Waals surface area contributed by atoms with Crippen molar-refractivity contribution < 1.29 is 0 Å². The molecule has 208 valence electrons. The van der Waals surface area contributed by atoms with Crippen molar-refractivity contribution in [2.75, 3.05) is 0 Å². The second-order valence-electron chi connectivity index (χ2n) is 11.6. The molecule has 8 aromatic carbocycles. The Morgan fingerprint density at radius 1 is 0.523 bits per heavy atom. The first-order valence-corrected chi connectivity index (χ1v) is 15.4. The smallest absolute Gasteiger partial charge is 0.00201 e. The maximum absolute atomic E-state index is 4.44. The molecule has 0 aromatic heterocycles. The summed E-state index contributed by atoms with van der Waals surface area (Å²) in [6.45, 7) is 10.6. The third-order valence-electron chi connectivity index (χ3n) is 9.33. The minimum absolute atomic E-state index is 0.935. The Bertz CT molecular complexity index is 2510. The predicted octanol–water partition coefficient (Wildman–Crippen LogP) is 10.7. The van der Waals surface area contributed by atoms with Gasteiger partial charge in [-0.2, -0.15) is 0 Å². The van der Waals surface area contributed by atoms with Crippen LogP contribution in [0.15, 0.2) is 140 Å². The first kappa shape index (κ1) is 26.2. The van der Waals surface area contributed by atoms with Crippen LogP contribution in [0.5, 0.6) is 0 Å². The monoisotopic (exact) mass is 560 g/mol. The average molecular weight is 561 g/mol. The van der Waals surface area contributed by atoms with Gasteiger partial charge in [0.05, 0.1) is 0 Å². The zero-order chi connectivity index (χ0) is 29.8. The van der Waals surface area contributed by atoms with Gasteiger partial charge >= 0.3 is 0 Å². The fraction of sp³-hybridized carbons (Fsp3) is 0.0455. The average Bonchev–Trinajstić information content (AvgIpc) is 3.07. The lowest BCUT2D eigenvalue weighted by atomic mass is 9.84. The Balaban J connectivity index is 1.50. The molecule has 0 unspecified atom stereocenters. The molecule has 0 nitrogen and oxygen atoms in total. The van der Waals surface area contributed by atoms with E-state index >= 15 is 0 Å². The molecule has 0 aliphatic heterocycles. The molecule has 0 N–H and O–H groups in total. The number of rotatable bonds is 4. The molecule has 0 amide bonds. The van der Waals surface area contributed by atoms with E-state index in [1.807, 2.05) is 6.08 Å². The minimum atomic E-state index is 0.935. The quantitative estimate of drug-likeness (QED) is 0.148. The van der Waals surface area contributed by atoms with Gasteiger partial charge in [0.15, 0.2) is 0 Å². The summed E-state index contributed by atoms with van der Waals surface area (Å²) in [5.41, 5.74) is 6.38. The molecule has 0 heterocycles. The Hall–Kier alpha value is -5.46. The Morgan fingerprint density at radius 2 is 1.14 bits per heavy atom. The standard InChI is InChI=1S/C44H32/c1-4-13-30-27-42-34-20-12-21-37(36(34)25-24-35(42)33(5-2)28(30)3)44-40-18-10-8-16-38(40)43(39-17-9-11-19-41(39)44)32-23-22-29-14-6-7-15-31(29)26-32/h4,6-27H,1,3,5H2,2H3/b30-13-. The van der Waals surface area contributed by atoms with Gasteiger partial charge in [0.2, 0.25) is 0 Å². The Morgan fingerprint density at radius 3 is 1.82 bits per heavy atom. The first-order valence-electron chi connectivity index (χ1n) is 15.4. The fourth-order valence-electron chi connectivity index (χ4n) is 7.35. The summed E-state index contributed by atoms with van der Waals surface area (Å²) in [5, 5.41) is 14.9. The van der Waals surface area contributed by atoms with E-state index < -0.39 is 0 Å². The molecule has 0 bridgehead atoms. The highest BCUT2D eigenvalue weighted by Crippen LogP contribution is 2.46. The van der Waals surface area contributed by atoms with Crippen LogP contribution in [-0.2, 0) is 6.42 Å². The summed E-state index contributed by atoms with van der Waals surface area (Å²) in [5.74, 6) is 0. The molecule has 8 aromatic rings. The molecule has 0 atom stereocenters. The van der Waals surface area contributed by atoms with Gasteiger partial charge in [-0.3, -0.25) is 0 Å². The molecule has 0 saturated carbocycles. The second-order valence-corrected chi connectivity index (χ2v) is 11.6. The Labute approximate surface area is 257 Å². The van der Waals surface area contributed by atoms with Crippen molar-refractivity contribution in [3.8, 4) is 22.3 Å². The van der Waals surface area contributed by atoms with Crippen LogP contribution in [-0.4, -0.2) is 0 Å². The molecule has 0 aliphatic rings. The molecular formula is C44H32. The van der Waals surface area contributed by atoms with Crippen LogP contribution in [0.1, 0.15) is 12.5 Å². The summed E-state index contributed by atoms with van der Waals surface area (Å²) in [7, 11) is 0. The maximum Gasteiger partial charge on any atom is -0.00201 e. The van der Waals surface area contributed by atoms with E-state index in [1.165, 1.54) is 81.7 Å². The molecule has 0 aliphatic carbocycles. The zero-order valence-corrected chi connectivity index (χ0v) is 24.9. The number of aryl methyl sites for hydroxylation is 1. The second kappa shape index (κ2) is 10.4. The van der Waals surface area contributed by atoms with E-state index in [9.17, 15) is 0 Å². The summed E-state index contributed by atoms with van der Waals surface area (Å²) in [4.78, 5) is 0. The summed E-state index contributed by atoms with van der Waals surface area (Å²) in [6, 6.07) is 47.0. The van der Waals surface area contributed by atoms with Crippen molar-refractivity contribution in [2.45, 2.75) is 13.3 Å². The highest BCUT2D eigenvalue weighted by Gasteiger charge is 2.18. The van der Waals surface area contributed by atoms with E-state index in [1.54, 1.807) is 0 Å². The van der Waals surface area contributed by atoms with Gasteiger partial charge in [-0.15, -0.1) is 0 Å². The molecule has 0 heteroatoms. The molecule has 8 rings (SSSR count). The van der Waals surface area contributed by atoms with Crippen molar-refractivity contribution in [1.29, 1.82) is 0 Å². The van der Waals surface area contributed by atoms with Crippen LogP contribution >= 0.6 is 0 Å². The van der Waals surface area contributed by atoms with Crippen molar-refractivity contribution in [1.82, 2.24) is 0 Å². The lowest BCUT2D eigenvalue weighted by Gasteiger charge is -2.19. The number of hydrogen-bond acceptors (Lipinski definition) is 0. The highest BCUT2D eigenvalue weighted by atomic mass is 14.2. The van der Waals surface area contributed by atoms with E-state index in [0.717, 1.165) is 16.9 Å². The van der Waals surface area contributed by atoms with Crippen LogP contribution in [0.3, 0.4) is 0 Å². The lowest BCUT2D eigenvalue weighted by Crippen LogP contribution is -2.27. The van der Waals surface area contributed by atoms with Gasteiger partial charge in [0, 0.05) is 0 Å². The molecular weight excluding hydrogens is 528 g/mol.